The Morgan fingerprint density at radius 1 is 1.03 bits per heavy atom. The molecule has 3 aliphatic heterocycles. The summed E-state index contributed by atoms with van der Waals surface area (Å²) in [6.45, 7) is 14.1. The molecule has 18 heteroatoms. The molecule has 0 saturated carbocycles. The third-order valence-electron chi connectivity index (χ3n) is 13.4. The quantitative estimate of drug-likeness (QED) is 0.0823. The Balaban J connectivity index is 0.931. The summed E-state index contributed by atoms with van der Waals surface area (Å²) in [5.41, 5.74) is 5.35. The lowest BCUT2D eigenvalue weighted by Gasteiger charge is -2.40. The molecule has 3 aromatic carbocycles. The van der Waals surface area contributed by atoms with Crippen molar-refractivity contribution < 1.29 is 27.6 Å². The number of amides is 1. The van der Waals surface area contributed by atoms with Gasteiger partial charge in [-0.2, -0.15) is 0 Å². The molecule has 1 aliphatic carbocycles. The molecular formula is C48H56ClN9O7S. The van der Waals surface area contributed by atoms with Crippen LogP contribution in [-0.2, 0) is 10.0 Å². The van der Waals surface area contributed by atoms with Gasteiger partial charge in [-0.05, 0) is 86.2 Å². The fourth-order valence-corrected chi connectivity index (χ4v) is 10.6. The number of piperazine rings is 2. The predicted molar refractivity (Wildman–Crippen MR) is 256 cm³/mol. The topological polar surface area (TPSA) is 179 Å². The Hall–Kier alpha value is -5.72. The number of nitro groups is 1. The number of aromatic amines is 1. The second-order valence-electron chi connectivity index (χ2n) is 18.8. The highest BCUT2D eigenvalue weighted by Gasteiger charge is 2.34. The molecule has 2 aromatic heterocycles. The Kier molecular flexibility index (Phi) is 12.7. The number of anilines is 2. The molecule has 0 unspecified atom stereocenters. The van der Waals surface area contributed by atoms with E-state index in [-0.39, 0.29) is 40.8 Å². The van der Waals surface area contributed by atoms with Gasteiger partial charge in [0.1, 0.15) is 23.8 Å². The van der Waals surface area contributed by atoms with E-state index in [0.717, 1.165) is 93.8 Å². The van der Waals surface area contributed by atoms with Gasteiger partial charge >= 0.3 is 0 Å². The Labute approximate surface area is 390 Å². The van der Waals surface area contributed by atoms with Crippen LogP contribution in [0.25, 0.3) is 16.6 Å². The van der Waals surface area contributed by atoms with Gasteiger partial charge in [0.05, 0.1) is 27.6 Å². The second kappa shape index (κ2) is 18.5. The molecule has 0 spiro atoms. The number of carbonyl (C=O) groups excluding carboxylic acids is 1. The van der Waals surface area contributed by atoms with E-state index in [0.29, 0.717) is 24.0 Å². The van der Waals surface area contributed by atoms with E-state index in [1.165, 1.54) is 29.0 Å². The molecule has 5 aromatic rings. The highest BCUT2D eigenvalue weighted by Crippen LogP contribution is 2.44. The van der Waals surface area contributed by atoms with Crippen LogP contribution >= 0.6 is 11.6 Å². The lowest BCUT2D eigenvalue weighted by molar-refractivity contribution is -0.384. The van der Waals surface area contributed by atoms with Gasteiger partial charge < -0.3 is 29.6 Å². The van der Waals surface area contributed by atoms with Crippen molar-refractivity contribution in [2.24, 2.45) is 5.41 Å². The first-order chi connectivity index (χ1) is 31.6. The van der Waals surface area contributed by atoms with Crippen LogP contribution in [0.15, 0.2) is 89.6 Å². The number of carbonyl (C=O) groups is 1. The number of nitro benzene ring substituents is 1. The van der Waals surface area contributed by atoms with Crippen molar-refractivity contribution in [1.29, 1.82) is 0 Å². The predicted octanol–water partition coefficient (Wildman–Crippen LogP) is 7.63. The second-order valence-corrected chi connectivity index (χ2v) is 20.9. The Bertz CT molecular complexity index is 2790. The number of allylic oxidation sites excluding steroid dienone is 1. The molecule has 2 fully saturated rings. The maximum absolute atomic E-state index is 14.1. The first-order valence-corrected chi connectivity index (χ1v) is 24.3. The van der Waals surface area contributed by atoms with Crippen molar-refractivity contribution >= 4 is 61.2 Å². The zero-order valence-corrected chi connectivity index (χ0v) is 39.3. The van der Waals surface area contributed by atoms with Gasteiger partial charge in [-0.1, -0.05) is 43.2 Å². The zero-order valence-electron chi connectivity index (χ0n) is 37.7. The standard InChI is InChI=1S/C48H56ClN9O7S/c1-31-27-56(16-15-54(31)4)29-36-30-64-44-24-39(23-42(58(60)61)45(44)52-36)66(62,63)53-47(59)40-10-9-37(22-43(40)65-38-21-33-12-14-50-46(33)51-26-38)57-19-17-55(18-20-57)28-34-11-13-48(2,3)25-41(34)32-5-7-35(49)8-6-32/h5-10,12,14,21-24,26,31,36,52H,11,13,15-20,25,27-30H2,1-4H3,(H,50,51)(H,53,59)/t31-,36-/m0/s1. The van der Waals surface area contributed by atoms with Crippen LogP contribution in [0.5, 0.6) is 17.2 Å². The molecule has 16 nitrogen and oxygen atoms in total. The maximum Gasteiger partial charge on any atom is 0.297 e. The van der Waals surface area contributed by atoms with E-state index in [1.54, 1.807) is 30.5 Å². The monoisotopic (exact) mass is 937 g/mol. The van der Waals surface area contributed by atoms with Crippen LogP contribution in [0.3, 0.4) is 0 Å². The summed E-state index contributed by atoms with van der Waals surface area (Å²) in [5, 5.41) is 17.1. The number of benzene rings is 3. The smallest absolute Gasteiger partial charge is 0.297 e. The van der Waals surface area contributed by atoms with Crippen LogP contribution in [0.4, 0.5) is 17.1 Å². The first kappa shape index (κ1) is 45.4. The fourth-order valence-electron chi connectivity index (χ4n) is 9.49. The van der Waals surface area contributed by atoms with Gasteiger partial charge in [-0.15, -0.1) is 0 Å². The normalized spacial score (nSPS) is 20.7. The number of fused-ring (bicyclic) bond motifs is 2. The molecule has 66 heavy (non-hydrogen) atoms. The average Bonchev–Trinajstić information content (AvgIpc) is 3.76. The van der Waals surface area contributed by atoms with Gasteiger partial charge in [0.2, 0.25) is 0 Å². The summed E-state index contributed by atoms with van der Waals surface area (Å²) in [6, 6.07) is 19.1. The minimum absolute atomic E-state index is 0.0163. The van der Waals surface area contributed by atoms with Gasteiger partial charge in [-0.3, -0.25) is 24.7 Å². The van der Waals surface area contributed by atoms with Crippen molar-refractivity contribution in [2.75, 3.05) is 82.8 Å². The van der Waals surface area contributed by atoms with Crippen molar-refractivity contribution in [2.45, 2.75) is 57.0 Å². The number of aromatic nitrogens is 2. The lowest BCUT2D eigenvalue weighted by atomic mass is 9.72. The lowest BCUT2D eigenvalue weighted by Crippen LogP contribution is -2.53. The number of hydrogen-bond acceptors (Lipinski definition) is 13. The number of pyridine rings is 1. The number of rotatable bonds is 12. The molecule has 9 rings (SSSR count). The third-order valence-corrected chi connectivity index (χ3v) is 15.0. The number of hydrogen-bond donors (Lipinski definition) is 3. The number of nitrogens with zero attached hydrogens (tertiary/aromatic N) is 6. The molecule has 0 bridgehead atoms. The van der Waals surface area contributed by atoms with E-state index in [9.17, 15) is 23.3 Å². The molecule has 1 amide bonds. The Morgan fingerprint density at radius 3 is 2.56 bits per heavy atom. The van der Waals surface area contributed by atoms with Crippen LogP contribution in [-0.4, -0.2) is 129 Å². The SMILES string of the molecule is C[C@H]1CN(C[C@H]2COc3cc(S(=O)(=O)NC(=O)c4ccc(N5CCN(CC6=C(c7ccc(Cl)cc7)CC(C)(C)CC6)CC5)cc4Oc4cnc5[nH]ccc5c4)cc([N+](=O)[O-])c3N2)CCN1C. The van der Waals surface area contributed by atoms with Gasteiger partial charge in [0.15, 0.2) is 11.4 Å². The maximum atomic E-state index is 14.1. The van der Waals surface area contributed by atoms with E-state index < -0.39 is 31.4 Å². The molecule has 4 aliphatic rings. The molecule has 3 N–H and O–H groups in total. The number of H-pyrrole nitrogens is 1. The highest BCUT2D eigenvalue weighted by molar-refractivity contribution is 7.90. The number of ether oxygens (including phenoxy) is 2. The zero-order chi connectivity index (χ0) is 46.3. The molecule has 5 heterocycles. The van der Waals surface area contributed by atoms with Crippen molar-refractivity contribution in [3.63, 3.8) is 0 Å². The van der Waals surface area contributed by atoms with Crippen LogP contribution < -0.4 is 24.4 Å². The molecule has 348 valence electrons. The van der Waals surface area contributed by atoms with Gasteiger partial charge in [0, 0.05) is 105 Å². The number of nitrogens with one attached hydrogen (secondary N) is 3. The largest absolute Gasteiger partial charge is 0.489 e. The summed E-state index contributed by atoms with van der Waals surface area (Å²) in [4.78, 5) is 42.1. The van der Waals surface area contributed by atoms with E-state index in [2.05, 4.69) is 79.6 Å². The van der Waals surface area contributed by atoms with Crippen LogP contribution in [0.1, 0.15) is 56.0 Å². The first-order valence-electron chi connectivity index (χ1n) is 22.5. The Morgan fingerprint density at radius 2 is 1.80 bits per heavy atom. The third kappa shape index (κ3) is 10.0. The minimum Gasteiger partial charge on any atom is -0.489 e. The molecular weight excluding hydrogens is 882 g/mol. The van der Waals surface area contributed by atoms with E-state index >= 15 is 0 Å². The molecule has 2 saturated heterocycles. The van der Waals surface area contributed by atoms with Crippen LogP contribution in [0, 0.1) is 15.5 Å². The number of halogens is 1. The summed E-state index contributed by atoms with van der Waals surface area (Å²) in [7, 11) is -2.57. The van der Waals surface area contributed by atoms with Crippen molar-refractivity contribution in [3.8, 4) is 17.2 Å². The van der Waals surface area contributed by atoms with Crippen LogP contribution in [0.2, 0.25) is 5.02 Å². The van der Waals surface area contributed by atoms with Crippen molar-refractivity contribution in [1.82, 2.24) is 29.4 Å². The van der Waals surface area contributed by atoms with Gasteiger partial charge in [-0.25, -0.2) is 18.1 Å². The highest BCUT2D eigenvalue weighted by atomic mass is 35.5. The summed E-state index contributed by atoms with van der Waals surface area (Å²) in [6.07, 6.45) is 6.47. The molecule has 0 radical (unpaired) electrons. The summed E-state index contributed by atoms with van der Waals surface area (Å²) in [5.74, 6) is -0.496. The summed E-state index contributed by atoms with van der Waals surface area (Å²) < 4.78 is 42.4. The minimum atomic E-state index is -4.66. The van der Waals surface area contributed by atoms with Crippen molar-refractivity contribution in [3.05, 3.63) is 111 Å². The molecule has 2 atom stereocenters. The number of likely N-dealkylation sites (N-methyl/N-ethyl adjacent to an activating group) is 1. The van der Waals surface area contributed by atoms with Gasteiger partial charge in [0.25, 0.3) is 21.6 Å². The summed E-state index contributed by atoms with van der Waals surface area (Å²) >= 11 is 6.25. The average molecular weight is 939 g/mol. The fraction of sp³-hybridized carbons (Fsp3) is 0.417. The number of sulfonamides is 1. The van der Waals surface area contributed by atoms with E-state index in [1.807, 2.05) is 18.2 Å². The van der Waals surface area contributed by atoms with E-state index in [4.69, 9.17) is 21.1 Å².